The van der Waals surface area contributed by atoms with Gasteiger partial charge in [-0.2, -0.15) is 0 Å². The fraction of sp³-hybridized carbons (Fsp3) is 0.368. The van der Waals surface area contributed by atoms with E-state index in [2.05, 4.69) is 4.98 Å². The number of carbonyl (C=O) groups excluding carboxylic acids is 1. The summed E-state index contributed by atoms with van der Waals surface area (Å²) in [5.41, 5.74) is 3.22. The number of aromatic nitrogens is 1. The molecule has 4 rings (SSSR count). The lowest BCUT2D eigenvalue weighted by Gasteiger charge is -2.37. The number of benzene rings is 1. The molecule has 6 heteroatoms. The largest absolute Gasteiger partial charge is 0.486 e. The molecule has 0 saturated heterocycles. The van der Waals surface area contributed by atoms with Crippen LogP contribution in [-0.2, 0) is 11.2 Å². The van der Waals surface area contributed by atoms with Gasteiger partial charge in [-0.3, -0.25) is 9.88 Å². The van der Waals surface area contributed by atoms with Gasteiger partial charge in [-0.25, -0.2) is 4.79 Å². The van der Waals surface area contributed by atoms with Gasteiger partial charge in [0.05, 0.1) is 12.6 Å². The van der Waals surface area contributed by atoms with E-state index in [1.54, 1.807) is 17.3 Å². The lowest BCUT2D eigenvalue weighted by Crippen LogP contribution is -2.41. The molecule has 1 aromatic heterocycles. The zero-order chi connectivity index (χ0) is 17.2. The SMILES string of the molecule is CCOC(=O)N1CCc2cc3c(cc2C1c1ccncc1)OCCO3. The number of amides is 1. The van der Waals surface area contributed by atoms with Crippen LogP contribution in [0.15, 0.2) is 36.7 Å². The summed E-state index contributed by atoms with van der Waals surface area (Å²) in [5.74, 6) is 1.51. The first-order valence-electron chi connectivity index (χ1n) is 8.53. The molecule has 1 amide bonds. The first kappa shape index (κ1) is 15.7. The van der Waals surface area contributed by atoms with Crippen molar-refractivity contribution in [3.05, 3.63) is 53.3 Å². The Labute approximate surface area is 146 Å². The van der Waals surface area contributed by atoms with Crippen LogP contribution >= 0.6 is 0 Å². The summed E-state index contributed by atoms with van der Waals surface area (Å²) >= 11 is 0. The summed E-state index contributed by atoms with van der Waals surface area (Å²) in [5, 5.41) is 0. The van der Waals surface area contributed by atoms with Crippen LogP contribution in [0.5, 0.6) is 11.5 Å². The summed E-state index contributed by atoms with van der Waals surface area (Å²) in [6.45, 7) is 3.87. The minimum absolute atomic E-state index is 0.221. The topological polar surface area (TPSA) is 60.9 Å². The third-order valence-corrected chi connectivity index (χ3v) is 4.56. The highest BCUT2D eigenvalue weighted by Gasteiger charge is 2.34. The van der Waals surface area contributed by atoms with Gasteiger partial charge >= 0.3 is 6.09 Å². The van der Waals surface area contributed by atoms with Crippen LogP contribution in [0.3, 0.4) is 0 Å². The normalized spacial score (nSPS) is 18.4. The zero-order valence-corrected chi connectivity index (χ0v) is 14.1. The van der Waals surface area contributed by atoms with Gasteiger partial charge in [0.25, 0.3) is 0 Å². The van der Waals surface area contributed by atoms with E-state index in [1.807, 2.05) is 31.2 Å². The van der Waals surface area contributed by atoms with Gasteiger partial charge in [-0.15, -0.1) is 0 Å². The lowest BCUT2D eigenvalue weighted by molar-refractivity contribution is 0.0934. The summed E-state index contributed by atoms with van der Waals surface area (Å²) in [6.07, 6.45) is 3.94. The van der Waals surface area contributed by atoms with Gasteiger partial charge in [-0.1, -0.05) is 0 Å². The maximum atomic E-state index is 12.5. The molecule has 1 unspecified atom stereocenters. The van der Waals surface area contributed by atoms with Crippen molar-refractivity contribution >= 4 is 6.09 Å². The highest BCUT2D eigenvalue weighted by Crippen LogP contribution is 2.42. The Morgan fingerprint density at radius 1 is 1.24 bits per heavy atom. The van der Waals surface area contributed by atoms with Crippen molar-refractivity contribution in [2.75, 3.05) is 26.4 Å². The molecule has 0 fully saturated rings. The van der Waals surface area contributed by atoms with E-state index in [4.69, 9.17) is 14.2 Å². The highest BCUT2D eigenvalue weighted by atomic mass is 16.6. The quantitative estimate of drug-likeness (QED) is 0.841. The molecule has 0 aliphatic carbocycles. The molecule has 1 aromatic carbocycles. The number of hydrogen-bond donors (Lipinski definition) is 0. The van der Waals surface area contributed by atoms with Crippen LogP contribution in [0.1, 0.15) is 29.7 Å². The first-order valence-corrected chi connectivity index (χ1v) is 8.53. The smallest absolute Gasteiger partial charge is 0.410 e. The van der Waals surface area contributed by atoms with Crippen molar-refractivity contribution in [1.29, 1.82) is 0 Å². The Morgan fingerprint density at radius 2 is 1.96 bits per heavy atom. The first-order chi connectivity index (χ1) is 12.3. The minimum Gasteiger partial charge on any atom is -0.486 e. The third kappa shape index (κ3) is 2.88. The van der Waals surface area contributed by atoms with Crippen molar-refractivity contribution in [3.8, 4) is 11.5 Å². The van der Waals surface area contributed by atoms with Crippen LogP contribution < -0.4 is 9.47 Å². The Balaban J connectivity index is 1.81. The molecule has 2 aliphatic rings. The van der Waals surface area contributed by atoms with Crippen molar-refractivity contribution in [3.63, 3.8) is 0 Å². The van der Waals surface area contributed by atoms with Crippen LogP contribution in [0.25, 0.3) is 0 Å². The molecule has 1 atom stereocenters. The molecule has 2 aliphatic heterocycles. The molecule has 0 bridgehead atoms. The number of fused-ring (bicyclic) bond motifs is 2. The average Bonchev–Trinajstić information content (AvgIpc) is 2.66. The Morgan fingerprint density at radius 3 is 2.68 bits per heavy atom. The molecule has 0 N–H and O–H groups in total. The van der Waals surface area contributed by atoms with E-state index in [0.717, 1.165) is 29.0 Å². The van der Waals surface area contributed by atoms with Crippen molar-refractivity contribution in [1.82, 2.24) is 9.88 Å². The standard InChI is InChI=1S/C19H20N2O4/c1-2-23-19(22)21-8-5-14-11-16-17(25-10-9-24-16)12-15(14)18(21)13-3-6-20-7-4-13/h3-4,6-7,11-12,18H,2,5,8-10H2,1H3. The predicted octanol–water partition coefficient (Wildman–Crippen LogP) is 2.96. The molecule has 0 saturated carbocycles. The van der Waals surface area contributed by atoms with Crippen LogP contribution in [0, 0.1) is 0 Å². The maximum absolute atomic E-state index is 12.5. The fourth-order valence-corrected chi connectivity index (χ4v) is 3.46. The number of ether oxygens (including phenoxy) is 3. The molecule has 25 heavy (non-hydrogen) atoms. The second kappa shape index (κ2) is 6.63. The summed E-state index contributed by atoms with van der Waals surface area (Å²) in [6, 6.07) is 7.69. The molecule has 2 aromatic rings. The van der Waals surface area contributed by atoms with E-state index >= 15 is 0 Å². The number of carbonyl (C=O) groups is 1. The van der Waals surface area contributed by atoms with Crippen molar-refractivity contribution < 1.29 is 19.0 Å². The lowest BCUT2D eigenvalue weighted by atomic mass is 9.88. The van der Waals surface area contributed by atoms with E-state index in [0.29, 0.717) is 26.4 Å². The van der Waals surface area contributed by atoms with Gasteiger partial charge in [0.15, 0.2) is 11.5 Å². The summed E-state index contributed by atoms with van der Waals surface area (Å²) in [7, 11) is 0. The molecule has 0 radical (unpaired) electrons. The minimum atomic E-state index is -0.301. The van der Waals surface area contributed by atoms with E-state index in [-0.39, 0.29) is 12.1 Å². The maximum Gasteiger partial charge on any atom is 0.410 e. The van der Waals surface area contributed by atoms with Gasteiger partial charge in [0, 0.05) is 18.9 Å². The molecular formula is C19H20N2O4. The Bertz CT molecular complexity index is 778. The molecule has 3 heterocycles. The molecule has 6 nitrogen and oxygen atoms in total. The van der Waals surface area contributed by atoms with Crippen LogP contribution in [-0.4, -0.2) is 42.3 Å². The fourth-order valence-electron chi connectivity index (χ4n) is 3.46. The van der Waals surface area contributed by atoms with Crippen LogP contribution in [0.4, 0.5) is 4.79 Å². The number of hydrogen-bond acceptors (Lipinski definition) is 5. The van der Waals surface area contributed by atoms with Gasteiger partial charge in [0.1, 0.15) is 13.2 Å². The van der Waals surface area contributed by atoms with Crippen LogP contribution in [0.2, 0.25) is 0 Å². The van der Waals surface area contributed by atoms with E-state index in [9.17, 15) is 4.79 Å². The Kier molecular flexibility index (Phi) is 4.17. The monoisotopic (exact) mass is 340 g/mol. The summed E-state index contributed by atoms with van der Waals surface area (Å²) < 4.78 is 16.7. The third-order valence-electron chi connectivity index (χ3n) is 4.56. The van der Waals surface area contributed by atoms with E-state index < -0.39 is 0 Å². The number of rotatable bonds is 2. The second-order valence-electron chi connectivity index (χ2n) is 6.02. The van der Waals surface area contributed by atoms with Gasteiger partial charge in [-0.05, 0) is 54.3 Å². The Hall–Kier alpha value is -2.76. The molecular weight excluding hydrogens is 320 g/mol. The van der Waals surface area contributed by atoms with E-state index in [1.165, 1.54) is 5.56 Å². The molecule has 130 valence electrons. The van der Waals surface area contributed by atoms with Crippen molar-refractivity contribution in [2.24, 2.45) is 0 Å². The van der Waals surface area contributed by atoms with Gasteiger partial charge in [0.2, 0.25) is 0 Å². The number of pyridine rings is 1. The van der Waals surface area contributed by atoms with Crippen molar-refractivity contribution in [2.45, 2.75) is 19.4 Å². The number of nitrogens with zero attached hydrogens (tertiary/aromatic N) is 2. The predicted molar refractivity (Wildman–Crippen MR) is 90.9 cm³/mol. The zero-order valence-electron chi connectivity index (χ0n) is 14.1. The average molecular weight is 340 g/mol. The second-order valence-corrected chi connectivity index (χ2v) is 6.02. The molecule has 0 spiro atoms. The highest BCUT2D eigenvalue weighted by molar-refractivity contribution is 5.70. The van der Waals surface area contributed by atoms with Gasteiger partial charge < -0.3 is 14.2 Å². The summed E-state index contributed by atoms with van der Waals surface area (Å²) in [4.78, 5) is 18.4.